The van der Waals surface area contributed by atoms with Crippen LogP contribution < -0.4 is 5.73 Å². The van der Waals surface area contributed by atoms with Crippen molar-refractivity contribution in [3.05, 3.63) is 12.7 Å². The molecule has 0 spiro atoms. The molecule has 10 heavy (non-hydrogen) atoms. The summed E-state index contributed by atoms with van der Waals surface area (Å²) < 4.78 is 4.72. The molecule has 0 aliphatic heterocycles. The van der Waals surface area contributed by atoms with Gasteiger partial charge in [-0.2, -0.15) is 0 Å². The van der Waals surface area contributed by atoms with Gasteiger partial charge in [0.15, 0.2) is 0 Å². The van der Waals surface area contributed by atoms with Gasteiger partial charge in [-0.05, 0) is 13.8 Å². The van der Waals surface area contributed by atoms with E-state index in [1.807, 2.05) is 0 Å². The molecule has 0 aromatic heterocycles. The predicted molar refractivity (Wildman–Crippen MR) is 38.3 cm³/mol. The molecule has 0 fully saturated rings. The monoisotopic (exact) mass is 142 g/mol. The van der Waals surface area contributed by atoms with Crippen molar-refractivity contribution in [2.45, 2.75) is 26.0 Å². The Hall–Kier alpha value is -0.830. The largest absolute Gasteiger partial charge is 0.457 e. The highest BCUT2D eigenvalue weighted by Crippen LogP contribution is 1.94. The van der Waals surface area contributed by atoms with Gasteiger partial charge in [-0.1, -0.05) is 12.7 Å². The summed E-state index contributed by atoms with van der Waals surface area (Å²) in [6.07, 6.45) is 1.22. The molecule has 0 aliphatic rings. The summed E-state index contributed by atoms with van der Waals surface area (Å²) in [7, 11) is 0. The first-order chi connectivity index (χ1) is 4.57. The number of nitrogens with one attached hydrogen (secondary N) is 1. The summed E-state index contributed by atoms with van der Waals surface area (Å²) in [6, 6.07) is -0.803. The van der Waals surface area contributed by atoms with Crippen molar-refractivity contribution in [2.24, 2.45) is 0 Å². The average Bonchev–Trinajstić information content (AvgIpc) is 1.87. The molecule has 0 saturated heterocycles. The lowest BCUT2D eigenvalue weighted by molar-refractivity contribution is -0.147. The van der Waals surface area contributed by atoms with Gasteiger partial charge in [0, 0.05) is 0 Å². The van der Waals surface area contributed by atoms with Crippen LogP contribution in [0.3, 0.4) is 0 Å². The van der Waals surface area contributed by atoms with E-state index in [0.717, 1.165) is 0 Å². The molecule has 0 heterocycles. The molecule has 0 aromatic rings. The van der Waals surface area contributed by atoms with Gasteiger partial charge in [0.1, 0.15) is 12.1 Å². The second kappa shape index (κ2) is 4.06. The summed E-state index contributed by atoms with van der Waals surface area (Å²) in [4.78, 5) is 10.7. The Bertz CT molecular complexity index is 132. The third-order valence-electron chi connectivity index (χ3n) is 0.988. The molecule has 3 nitrogen and oxygen atoms in total. The summed E-state index contributed by atoms with van der Waals surface area (Å²) in [5, 5.41) is 0. The SMILES string of the molecule is C=CC(C)OC(=O)C(C)[NH]. The van der Waals surface area contributed by atoms with Crippen molar-refractivity contribution in [2.75, 3.05) is 0 Å². The maximum atomic E-state index is 10.7. The normalized spacial score (nSPS) is 15.5. The molecular formula is C7H12NO2. The lowest BCUT2D eigenvalue weighted by Gasteiger charge is -2.09. The number of carbonyl (C=O) groups is 1. The van der Waals surface area contributed by atoms with Gasteiger partial charge in [0.2, 0.25) is 0 Å². The van der Waals surface area contributed by atoms with E-state index in [4.69, 9.17) is 10.5 Å². The first-order valence-electron chi connectivity index (χ1n) is 3.12. The summed E-state index contributed by atoms with van der Waals surface area (Å²) in [5.74, 6) is -0.507. The van der Waals surface area contributed by atoms with Gasteiger partial charge in [-0.3, -0.25) is 4.79 Å². The Kier molecular flexibility index (Phi) is 3.72. The van der Waals surface area contributed by atoms with Gasteiger partial charge >= 0.3 is 5.97 Å². The van der Waals surface area contributed by atoms with Crippen LogP contribution in [0.5, 0.6) is 0 Å². The molecule has 57 valence electrons. The molecule has 0 saturated carbocycles. The predicted octanol–water partition coefficient (Wildman–Crippen LogP) is 0.775. The molecule has 3 heteroatoms. The first-order valence-corrected chi connectivity index (χ1v) is 3.12. The van der Waals surface area contributed by atoms with Gasteiger partial charge in [0.25, 0.3) is 0 Å². The van der Waals surface area contributed by atoms with Crippen LogP contribution in [0.25, 0.3) is 0 Å². The number of carbonyl (C=O) groups excluding carboxylic acids is 1. The second-order valence-electron chi connectivity index (χ2n) is 2.10. The van der Waals surface area contributed by atoms with E-state index in [0.29, 0.717) is 0 Å². The van der Waals surface area contributed by atoms with Gasteiger partial charge < -0.3 is 4.74 Å². The first kappa shape index (κ1) is 9.17. The number of hydrogen-bond donors (Lipinski definition) is 0. The van der Waals surface area contributed by atoms with Crippen molar-refractivity contribution < 1.29 is 9.53 Å². The van der Waals surface area contributed by atoms with Crippen molar-refractivity contribution in [1.82, 2.24) is 5.73 Å². The molecule has 2 unspecified atom stereocenters. The molecule has 1 radical (unpaired) electrons. The van der Waals surface area contributed by atoms with Crippen LogP contribution >= 0.6 is 0 Å². The summed E-state index contributed by atoms with van der Waals surface area (Å²) in [6.45, 7) is 6.61. The Labute approximate surface area is 60.9 Å². The molecule has 0 aliphatic carbocycles. The topological polar surface area (TPSA) is 50.1 Å². The van der Waals surface area contributed by atoms with Crippen LogP contribution in [0.1, 0.15) is 13.8 Å². The molecule has 0 bridgehead atoms. The fraction of sp³-hybridized carbons (Fsp3) is 0.571. The maximum Gasteiger partial charge on any atom is 0.324 e. The summed E-state index contributed by atoms with van der Waals surface area (Å²) in [5.41, 5.74) is 6.94. The zero-order valence-electron chi connectivity index (χ0n) is 6.26. The van der Waals surface area contributed by atoms with Gasteiger partial charge in [0.05, 0.1) is 0 Å². The van der Waals surface area contributed by atoms with E-state index in [-0.39, 0.29) is 6.10 Å². The zero-order valence-corrected chi connectivity index (χ0v) is 6.26. The van der Waals surface area contributed by atoms with E-state index in [1.165, 1.54) is 13.0 Å². The van der Waals surface area contributed by atoms with Crippen LogP contribution in [0.4, 0.5) is 0 Å². The number of ether oxygens (including phenoxy) is 1. The van der Waals surface area contributed by atoms with E-state index >= 15 is 0 Å². The molecule has 0 aromatic carbocycles. The minimum Gasteiger partial charge on any atom is -0.457 e. The molecule has 0 rings (SSSR count). The Balaban J connectivity index is 3.68. The zero-order chi connectivity index (χ0) is 8.15. The lowest BCUT2D eigenvalue weighted by Crippen LogP contribution is -2.24. The van der Waals surface area contributed by atoms with E-state index in [1.54, 1.807) is 6.92 Å². The number of hydrogen-bond acceptors (Lipinski definition) is 2. The molecule has 1 N–H and O–H groups in total. The fourth-order valence-electron chi connectivity index (χ4n) is 0.333. The van der Waals surface area contributed by atoms with E-state index in [2.05, 4.69) is 6.58 Å². The van der Waals surface area contributed by atoms with Crippen LogP contribution in [-0.2, 0) is 9.53 Å². The summed E-state index contributed by atoms with van der Waals surface area (Å²) >= 11 is 0. The van der Waals surface area contributed by atoms with Gasteiger partial charge in [-0.25, -0.2) is 5.73 Å². The van der Waals surface area contributed by atoms with Crippen LogP contribution in [0.15, 0.2) is 12.7 Å². The van der Waals surface area contributed by atoms with Crippen LogP contribution in [0.2, 0.25) is 0 Å². The standard InChI is InChI=1S/C7H12NO2/c1-4-5(2)10-7(9)6(3)8/h4-6,8H,1H2,2-3H3. The third-order valence-corrected chi connectivity index (χ3v) is 0.988. The van der Waals surface area contributed by atoms with Crippen molar-refractivity contribution >= 4 is 5.97 Å². The Morgan fingerprint density at radius 2 is 2.20 bits per heavy atom. The highest BCUT2D eigenvalue weighted by Gasteiger charge is 2.10. The highest BCUT2D eigenvalue weighted by atomic mass is 16.5. The average molecular weight is 142 g/mol. The number of rotatable bonds is 3. The maximum absolute atomic E-state index is 10.7. The quantitative estimate of drug-likeness (QED) is 0.431. The molecule has 0 amide bonds. The smallest absolute Gasteiger partial charge is 0.324 e. The van der Waals surface area contributed by atoms with Gasteiger partial charge in [-0.15, -0.1) is 0 Å². The van der Waals surface area contributed by atoms with Crippen LogP contribution in [-0.4, -0.2) is 18.1 Å². The van der Waals surface area contributed by atoms with Crippen LogP contribution in [0, 0.1) is 0 Å². The highest BCUT2D eigenvalue weighted by molar-refractivity contribution is 5.75. The Morgan fingerprint density at radius 1 is 1.70 bits per heavy atom. The number of esters is 1. The van der Waals surface area contributed by atoms with Crippen molar-refractivity contribution in [1.29, 1.82) is 0 Å². The molecular weight excluding hydrogens is 130 g/mol. The second-order valence-corrected chi connectivity index (χ2v) is 2.10. The van der Waals surface area contributed by atoms with E-state index in [9.17, 15) is 4.79 Å². The van der Waals surface area contributed by atoms with Crippen molar-refractivity contribution in [3.8, 4) is 0 Å². The van der Waals surface area contributed by atoms with Crippen molar-refractivity contribution in [3.63, 3.8) is 0 Å². The van der Waals surface area contributed by atoms with E-state index < -0.39 is 12.0 Å². The fourth-order valence-corrected chi connectivity index (χ4v) is 0.333. The molecule has 2 atom stereocenters. The lowest BCUT2D eigenvalue weighted by atomic mass is 10.3. The Morgan fingerprint density at radius 3 is 2.50 bits per heavy atom. The minimum absolute atomic E-state index is 0.291. The third kappa shape index (κ3) is 3.25. The minimum atomic E-state index is -0.803.